The van der Waals surface area contributed by atoms with Crippen LogP contribution in [0.15, 0.2) is 0 Å². The van der Waals surface area contributed by atoms with Crippen molar-refractivity contribution >= 4 is 0 Å². The summed E-state index contributed by atoms with van der Waals surface area (Å²) in [5.74, 6) is 0. The lowest BCUT2D eigenvalue weighted by molar-refractivity contribution is 0.135. The third kappa shape index (κ3) is 6.76. The molecule has 0 aromatic rings. The lowest BCUT2D eigenvalue weighted by Crippen LogP contribution is -2.40. The van der Waals surface area contributed by atoms with Crippen molar-refractivity contribution in [1.82, 2.24) is 10.2 Å². The van der Waals surface area contributed by atoms with Gasteiger partial charge >= 0.3 is 0 Å². The normalized spacial score (nSPS) is 22.6. The minimum atomic E-state index is 0.745. The molecule has 0 radical (unpaired) electrons. The molecular formula is C17H36N2. The first-order valence-corrected chi connectivity index (χ1v) is 8.79. The van der Waals surface area contributed by atoms with Gasteiger partial charge in [-0.3, -0.25) is 0 Å². The second-order valence-electron chi connectivity index (χ2n) is 6.18. The minimum Gasteiger partial charge on any atom is -0.314 e. The zero-order valence-corrected chi connectivity index (χ0v) is 13.6. The van der Waals surface area contributed by atoms with E-state index in [1.165, 1.54) is 77.4 Å². The van der Waals surface area contributed by atoms with E-state index in [0.29, 0.717) is 0 Å². The first kappa shape index (κ1) is 17.0. The Morgan fingerprint density at radius 1 is 1.16 bits per heavy atom. The van der Waals surface area contributed by atoms with Gasteiger partial charge < -0.3 is 10.2 Å². The number of piperidine rings is 1. The third-order valence-corrected chi connectivity index (χ3v) is 4.54. The average molecular weight is 268 g/mol. The molecular weight excluding hydrogens is 232 g/mol. The highest BCUT2D eigenvalue weighted by Gasteiger charge is 2.21. The summed E-state index contributed by atoms with van der Waals surface area (Å²) < 4.78 is 0. The first-order chi connectivity index (χ1) is 9.31. The van der Waals surface area contributed by atoms with E-state index >= 15 is 0 Å². The van der Waals surface area contributed by atoms with Gasteiger partial charge in [0, 0.05) is 12.1 Å². The highest BCUT2D eigenvalue weighted by molar-refractivity contribution is 4.77. The van der Waals surface area contributed by atoms with Crippen LogP contribution in [0.4, 0.5) is 0 Å². The molecule has 1 rings (SSSR count). The second-order valence-corrected chi connectivity index (χ2v) is 6.18. The van der Waals surface area contributed by atoms with Crippen molar-refractivity contribution in [1.29, 1.82) is 0 Å². The van der Waals surface area contributed by atoms with E-state index in [9.17, 15) is 0 Å². The fourth-order valence-corrected chi connectivity index (χ4v) is 3.35. The van der Waals surface area contributed by atoms with Gasteiger partial charge in [-0.05, 0) is 64.6 Å². The maximum Gasteiger partial charge on any atom is 0.00951 e. The zero-order valence-electron chi connectivity index (χ0n) is 13.6. The molecule has 0 bridgehead atoms. The molecule has 0 saturated carbocycles. The molecule has 1 fully saturated rings. The highest BCUT2D eigenvalue weighted by atomic mass is 15.2. The van der Waals surface area contributed by atoms with Gasteiger partial charge in [0.25, 0.3) is 0 Å². The van der Waals surface area contributed by atoms with Crippen LogP contribution in [0.1, 0.15) is 78.6 Å². The molecule has 2 nitrogen and oxygen atoms in total. The Morgan fingerprint density at radius 3 is 2.68 bits per heavy atom. The monoisotopic (exact) mass is 268 g/mol. The van der Waals surface area contributed by atoms with Crippen LogP contribution in [-0.2, 0) is 0 Å². The number of nitrogens with one attached hydrogen (secondary N) is 1. The van der Waals surface area contributed by atoms with E-state index in [0.717, 1.165) is 12.1 Å². The SMILES string of the molecule is CCCNC(CC)CCCN1CCCCC1CCC. The zero-order chi connectivity index (χ0) is 13.9. The summed E-state index contributed by atoms with van der Waals surface area (Å²) in [4.78, 5) is 2.78. The molecule has 0 aliphatic carbocycles. The number of rotatable bonds is 10. The quantitative estimate of drug-likeness (QED) is 0.639. The molecule has 114 valence electrons. The second kappa shape index (κ2) is 10.7. The molecule has 1 aliphatic rings. The molecule has 0 aromatic heterocycles. The van der Waals surface area contributed by atoms with Crippen LogP contribution in [0, 0.1) is 0 Å². The van der Waals surface area contributed by atoms with Crippen molar-refractivity contribution < 1.29 is 0 Å². The van der Waals surface area contributed by atoms with E-state index in [1.54, 1.807) is 0 Å². The smallest absolute Gasteiger partial charge is 0.00951 e. The van der Waals surface area contributed by atoms with Crippen LogP contribution in [0.5, 0.6) is 0 Å². The van der Waals surface area contributed by atoms with Crippen LogP contribution >= 0.6 is 0 Å². The summed E-state index contributed by atoms with van der Waals surface area (Å²) in [6.07, 6.45) is 12.3. The van der Waals surface area contributed by atoms with Gasteiger partial charge in [-0.25, -0.2) is 0 Å². The van der Waals surface area contributed by atoms with E-state index in [1.807, 2.05) is 0 Å². The van der Waals surface area contributed by atoms with E-state index in [4.69, 9.17) is 0 Å². The summed E-state index contributed by atoms with van der Waals surface area (Å²) in [6, 6.07) is 1.64. The standard InChI is InChI=1S/C17H36N2/c1-4-10-17-12-7-8-14-19(17)15-9-11-16(6-3)18-13-5-2/h16-18H,4-15H2,1-3H3. The Balaban J connectivity index is 2.21. The lowest BCUT2D eigenvalue weighted by Gasteiger charge is -2.36. The summed E-state index contributed by atoms with van der Waals surface area (Å²) in [5, 5.41) is 3.67. The Bertz CT molecular complexity index is 203. The molecule has 0 amide bonds. The lowest BCUT2D eigenvalue weighted by atomic mass is 9.97. The summed E-state index contributed by atoms with van der Waals surface area (Å²) in [6.45, 7) is 10.8. The Labute approximate surface area is 121 Å². The van der Waals surface area contributed by atoms with Crippen molar-refractivity contribution in [2.24, 2.45) is 0 Å². The van der Waals surface area contributed by atoms with Crippen molar-refractivity contribution in [2.45, 2.75) is 90.6 Å². The van der Waals surface area contributed by atoms with Crippen molar-refractivity contribution in [3.63, 3.8) is 0 Å². The molecule has 2 atom stereocenters. The Hall–Kier alpha value is -0.0800. The molecule has 1 saturated heterocycles. The largest absolute Gasteiger partial charge is 0.314 e. The predicted octanol–water partition coefficient (Wildman–Crippen LogP) is 4.20. The van der Waals surface area contributed by atoms with Crippen LogP contribution in [0.25, 0.3) is 0 Å². The summed E-state index contributed by atoms with van der Waals surface area (Å²) in [7, 11) is 0. The minimum absolute atomic E-state index is 0.745. The molecule has 0 aromatic carbocycles. The van der Waals surface area contributed by atoms with Gasteiger partial charge in [-0.2, -0.15) is 0 Å². The molecule has 2 heteroatoms. The van der Waals surface area contributed by atoms with Gasteiger partial charge in [0.1, 0.15) is 0 Å². The first-order valence-electron chi connectivity index (χ1n) is 8.79. The van der Waals surface area contributed by atoms with Crippen molar-refractivity contribution in [3.05, 3.63) is 0 Å². The predicted molar refractivity (Wildman–Crippen MR) is 85.7 cm³/mol. The molecule has 1 N–H and O–H groups in total. The average Bonchev–Trinajstić information content (AvgIpc) is 2.44. The maximum absolute atomic E-state index is 3.67. The van der Waals surface area contributed by atoms with Gasteiger partial charge in [-0.1, -0.05) is 33.6 Å². The van der Waals surface area contributed by atoms with Gasteiger partial charge in [0.2, 0.25) is 0 Å². The van der Waals surface area contributed by atoms with Crippen molar-refractivity contribution in [3.8, 4) is 0 Å². The molecule has 0 spiro atoms. The number of likely N-dealkylation sites (tertiary alicyclic amines) is 1. The number of hydrogen-bond donors (Lipinski definition) is 1. The van der Waals surface area contributed by atoms with Gasteiger partial charge in [-0.15, -0.1) is 0 Å². The van der Waals surface area contributed by atoms with E-state index < -0.39 is 0 Å². The van der Waals surface area contributed by atoms with Crippen LogP contribution < -0.4 is 5.32 Å². The van der Waals surface area contributed by atoms with Gasteiger partial charge in [0.05, 0.1) is 0 Å². The number of hydrogen-bond acceptors (Lipinski definition) is 2. The topological polar surface area (TPSA) is 15.3 Å². The van der Waals surface area contributed by atoms with Gasteiger partial charge in [0.15, 0.2) is 0 Å². The molecule has 1 aliphatic heterocycles. The van der Waals surface area contributed by atoms with Crippen LogP contribution in [0.3, 0.4) is 0 Å². The molecule has 19 heavy (non-hydrogen) atoms. The van der Waals surface area contributed by atoms with E-state index in [2.05, 4.69) is 31.0 Å². The third-order valence-electron chi connectivity index (χ3n) is 4.54. The summed E-state index contributed by atoms with van der Waals surface area (Å²) in [5.41, 5.74) is 0. The Kier molecular flexibility index (Phi) is 9.54. The van der Waals surface area contributed by atoms with E-state index in [-0.39, 0.29) is 0 Å². The maximum atomic E-state index is 3.67. The highest BCUT2D eigenvalue weighted by Crippen LogP contribution is 2.21. The Morgan fingerprint density at radius 2 is 2.00 bits per heavy atom. The number of nitrogens with zero attached hydrogens (tertiary/aromatic N) is 1. The summed E-state index contributed by atoms with van der Waals surface area (Å²) >= 11 is 0. The van der Waals surface area contributed by atoms with Crippen molar-refractivity contribution in [2.75, 3.05) is 19.6 Å². The molecule has 1 heterocycles. The van der Waals surface area contributed by atoms with Crippen LogP contribution in [0.2, 0.25) is 0 Å². The molecule has 2 unspecified atom stereocenters. The van der Waals surface area contributed by atoms with Crippen LogP contribution in [-0.4, -0.2) is 36.6 Å². The fraction of sp³-hybridized carbons (Fsp3) is 1.00. The fourth-order valence-electron chi connectivity index (χ4n) is 3.35.